The Balaban J connectivity index is 2.62. The summed E-state index contributed by atoms with van der Waals surface area (Å²) < 4.78 is 13.0. The van der Waals surface area contributed by atoms with Crippen molar-refractivity contribution in [3.63, 3.8) is 0 Å². The van der Waals surface area contributed by atoms with E-state index in [0.29, 0.717) is 17.1 Å². The predicted octanol–water partition coefficient (Wildman–Crippen LogP) is 4.56. The van der Waals surface area contributed by atoms with Gasteiger partial charge >= 0.3 is 0 Å². The van der Waals surface area contributed by atoms with E-state index in [0.717, 1.165) is 5.56 Å². The molecule has 6 nitrogen and oxygen atoms in total. The van der Waals surface area contributed by atoms with Crippen molar-refractivity contribution in [1.82, 2.24) is 5.48 Å². The van der Waals surface area contributed by atoms with Crippen LogP contribution >= 0.6 is 0 Å². The van der Waals surface area contributed by atoms with Gasteiger partial charge in [0.1, 0.15) is 29.3 Å². The largest absolute Gasteiger partial charge is 0.485 e. The first-order chi connectivity index (χ1) is 12.3. The number of nitrogens with one attached hydrogen (secondary N) is 1. The van der Waals surface area contributed by atoms with Gasteiger partial charge in [0.15, 0.2) is 8.32 Å². The van der Waals surface area contributed by atoms with E-state index in [2.05, 4.69) is 50.4 Å². The lowest BCUT2D eigenvalue weighted by molar-refractivity contribution is -0.0491. The van der Waals surface area contributed by atoms with Crippen LogP contribution in [0.1, 0.15) is 58.7 Å². The summed E-state index contributed by atoms with van der Waals surface area (Å²) >= 11 is 0. The molecule has 7 heteroatoms. The Morgan fingerprint density at radius 3 is 2.52 bits per heavy atom. The summed E-state index contributed by atoms with van der Waals surface area (Å²) in [5.41, 5.74) is 2.83. The van der Waals surface area contributed by atoms with Crippen LogP contribution in [0.3, 0.4) is 0 Å². The first kappa shape index (κ1) is 21.4. The second-order valence-electron chi connectivity index (χ2n) is 9.14. The first-order valence-corrected chi connectivity index (χ1v) is 12.1. The molecule has 0 saturated carbocycles. The number of nitriles is 1. The maximum atomic E-state index is 9.31. The van der Waals surface area contributed by atoms with Crippen molar-refractivity contribution in [1.29, 1.82) is 5.26 Å². The number of benzene rings is 1. The molecule has 1 aromatic carbocycles. The topological polar surface area (TPSA) is 86.9 Å². The Hall–Kier alpha value is -1.88. The van der Waals surface area contributed by atoms with E-state index >= 15 is 0 Å². The molecule has 1 aliphatic heterocycles. The Kier molecular flexibility index (Phi) is 5.76. The van der Waals surface area contributed by atoms with Crippen LogP contribution in [0.2, 0.25) is 18.1 Å². The molecule has 2 N–H and O–H groups in total. The summed E-state index contributed by atoms with van der Waals surface area (Å²) in [6.07, 6.45) is -0.358. The number of aliphatic imine (C=N–C) groups is 1. The predicted molar refractivity (Wildman–Crippen MR) is 109 cm³/mol. The second-order valence-corrected chi connectivity index (χ2v) is 13.9. The van der Waals surface area contributed by atoms with Crippen LogP contribution in [0.25, 0.3) is 0 Å². The van der Waals surface area contributed by atoms with Gasteiger partial charge in [-0.3, -0.25) is 15.7 Å². The third-order valence-corrected chi connectivity index (χ3v) is 9.98. The molecule has 148 valence electrons. The van der Waals surface area contributed by atoms with Gasteiger partial charge in [-0.2, -0.15) is 5.26 Å². The number of hydroxylamine groups is 1. The molecular formula is C20H31N3O3Si. The number of amidine groups is 1. The molecule has 0 spiro atoms. The molecule has 0 aromatic heterocycles. The van der Waals surface area contributed by atoms with Crippen LogP contribution in [0, 0.1) is 11.3 Å². The van der Waals surface area contributed by atoms with Gasteiger partial charge < -0.3 is 9.16 Å². The molecule has 1 aromatic rings. The molecule has 0 aliphatic carbocycles. The lowest BCUT2D eigenvalue weighted by Gasteiger charge is -2.48. The number of nitrogens with zero attached hydrogens (tertiary/aromatic N) is 2. The fraction of sp³-hybridized carbons (Fsp3) is 0.600. The maximum absolute atomic E-state index is 9.31. The summed E-state index contributed by atoms with van der Waals surface area (Å²) in [5.74, 6) is 1.07. The Bertz CT molecular complexity index is 776. The number of fused-ring (bicyclic) bond motifs is 1. The molecule has 2 rings (SSSR count). The van der Waals surface area contributed by atoms with E-state index in [1.807, 2.05) is 19.9 Å². The molecular weight excluding hydrogens is 358 g/mol. The van der Waals surface area contributed by atoms with Crippen LogP contribution < -0.4 is 10.2 Å². The molecule has 0 fully saturated rings. The minimum absolute atomic E-state index is 0.0242. The van der Waals surface area contributed by atoms with Gasteiger partial charge in [0.25, 0.3) is 0 Å². The third-order valence-electron chi connectivity index (χ3n) is 5.52. The monoisotopic (exact) mass is 389 g/mol. The van der Waals surface area contributed by atoms with E-state index in [1.165, 1.54) is 0 Å². The third kappa shape index (κ3) is 4.34. The Morgan fingerprint density at radius 1 is 1.37 bits per heavy atom. The van der Waals surface area contributed by atoms with E-state index in [-0.39, 0.29) is 11.1 Å². The normalized spacial score (nSPS) is 22.4. The quantitative estimate of drug-likeness (QED) is 0.342. The average molecular weight is 390 g/mol. The smallest absolute Gasteiger partial charge is 0.192 e. The standard InChI is InChI=1S/C20H31N3O3Si/c1-13(23-24)22-17-15-11-14(12-21)9-10-16(15)25-20(5,6)18(17)26-27(7,8)19(2,3)4/h9-11,17-18,24H,1-8H3,(H,22,23). The van der Waals surface area contributed by atoms with Crippen LogP contribution in [0.5, 0.6) is 5.75 Å². The van der Waals surface area contributed by atoms with Crippen molar-refractivity contribution >= 4 is 14.2 Å². The van der Waals surface area contributed by atoms with Crippen molar-refractivity contribution in [3.8, 4) is 11.8 Å². The first-order valence-electron chi connectivity index (χ1n) is 9.18. The minimum atomic E-state index is -2.12. The summed E-state index contributed by atoms with van der Waals surface area (Å²) in [6, 6.07) is 7.12. The summed E-state index contributed by atoms with van der Waals surface area (Å²) in [4.78, 5) is 4.68. The highest BCUT2D eigenvalue weighted by molar-refractivity contribution is 6.74. The fourth-order valence-electron chi connectivity index (χ4n) is 2.90. The zero-order valence-electron chi connectivity index (χ0n) is 17.5. The molecule has 27 heavy (non-hydrogen) atoms. The average Bonchev–Trinajstić information content (AvgIpc) is 2.56. The van der Waals surface area contributed by atoms with E-state index in [4.69, 9.17) is 9.16 Å². The lowest BCUT2D eigenvalue weighted by Crippen LogP contribution is -2.56. The number of hydrogen-bond acceptors (Lipinski definition) is 5. The zero-order chi connectivity index (χ0) is 20.6. The van der Waals surface area contributed by atoms with Crippen molar-refractivity contribution < 1.29 is 14.4 Å². The van der Waals surface area contributed by atoms with Gasteiger partial charge in [0.05, 0.1) is 11.6 Å². The van der Waals surface area contributed by atoms with Crippen LogP contribution in [0.15, 0.2) is 23.2 Å². The van der Waals surface area contributed by atoms with Gasteiger partial charge in [-0.15, -0.1) is 0 Å². The van der Waals surface area contributed by atoms with Crippen LogP contribution in [0.4, 0.5) is 0 Å². The van der Waals surface area contributed by atoms with Crippen molar-refractivity contribution in [2.24, 2.45) is 4.99 Å². The van der Waals surface area contributed by atoms with E-state index in [1.54, 1.807) is 19.1 Å². The fourth-order valence-corrected chi connectivity index (χ4v) is 4.30. The van der Waals surface area contributed by atoms with E-state index < -0.39 is 20.0 Å². The zero-order valence-corrected chi connectivity index (χ0v) is 18.5. The van der Waals surface area contributed by atoms with Gasteiger partial charge in [0, 0.05) is 5.56 Å². The highest BCUT2D eigenvalue weighted by atomic mass is 28.4. The van der Waals surface area contributed by atoms with Gasteiger partial charge in [-0.05, 0) is 57.1 Å². The highest BCUT2D eigenvalue weighted by Crippen LogP contribution is 2.47. The SMILES string of the molecule is CC(=NC1c2cc(C#N)ccc2OC(C)(C)C1O[Si](C)(C)C(C)(C)C)NO. The van der Waals surface area contributed by atoms with Crippen LogP contribution in [-0.4, -0.2) is 31.1 Å². The molecule has 0 amide bonds. The molecule has 2 unspecified atom stereocenters. The number of ether oxygens (including phenoxy) is 1. The van der Waals surface area contributed by atoms with Gasteiger partial charge in [-0.25, -0.2) is 0 Å². The van der Waals surface area contributed by atoms with Crippen molar-refractivity contribution in [2.75, 3.05) is 0 Å². The highest BCUT2D eigenvalue weighted by Gasteiger charge is 2.50. The van der Waals surface area contributed by atoms with E-state index in [9.17, 15) is 10.5 Å². The number of hydrogen-bond donors (Lipinski definition) is 2. The minimum Gasteiger partial charge on any atom is -0.485 e. The Morgan fingerprint density at radius 2 is 2.00 bits per heavy atom. The Labute approximate surface area is 163 Å². The van der Waals surface area contributed by atoms with Gasteiger partial charge in [0.2, 0.25) is 0 Å². The van der Waals surface area contributed by atoms with Crippen molar-refractivity contribution in [3.05, 3.63) is 29.3 Å². The molecule has 0 radical (unpaired) electrons. The summed E-state index contributed by atoms with van der Waals surface area (Å²) in [5, 5.41) is 18.6. The molecule has 2 atom stereocenters. The number of rotatable bonds is 3. The van der Waals surface area contributed by atoms with Crippen molar-refractivity contribution in [2.45, 2.75) is 77.4 Å². The molecule has 0 saturated heterocycles. The second kappa shape index (κ2) is 7.27. The van der Waals surface area contributed by atoms with Gasteiger partial charge in [-0.1, -0.05) is 20.8 Å². The molecule has 1 aliphatic rings. The molecule has 1 heterocycles. The summed E-state index contributed by atoms with van der Waals surface area (Å²) in [7, 11) is -2.12. The maximum Gasteiger partial charge on any atom is 0.192 e. The van der Waals surface area contributed by atoms with Crippen LogP contribution in [-0.2, 0) is 4.43 Å². The lowest BCUT2D eigenvalue weighted by atomic mass is 9.86. The summed E-state index contributed by atoms with van der Waals surface area (Å²) in [6.45, 7) is 16.7. The molecule has 0 bridgehead atoms.